The summed E-state index contributed by atoms with van der Waals surface area (Å²) < 4.78 is 46.4. The van der Waals surface area contributed by atoms with Crippen LogP contribution in [0.4, 0.5) is 4.39 Å². The molecule has 2 atom stereocenters. The number of fused-ring (bicyclic) bond motifs is 3. The predicted octanol–water partition coefficient (Wildman–Crippen LogP) is 2.29. The summed E-state index contributed by atoms with van der Waals surface area (Å²) in [6, 6.07) is 14.2. The number of pyridine rings is 1. The smallest absolute Gasteiger partial charge is 0.273 e. The number of halogens is 1. The highest BCUT2D eigenvalue weighted by Gasteiger charge is 2.41. The molecule has 5 rings (SSSR count). The quantitative estimate of drug-likeness (QED) is 0.623. The van der Waals surface area contributed by atoms with E-state index in [9.17, 15) is 17.6 Å². The summed E-state index contributed by atoms with van der Waals surface area (Å²) in [5.74, 6) is -0.682. The molecule has 0 radical (unpaired) electrons. The van der Waals surface area contributed by atoms with E-state index in [2.05, 4.69) is 4.98 Å². The Hall–Kier alpha value is -2.88. The summed E-state index contributed by atoms with van der Waals surface area (Å²) in [5, 5.41) is 1.72. The van der Waals surface area contributed by atoms with Gasteiger partial charge in [-0.2, -0.15) is 4.31 Å². The molecule has 2 fully saturated rings. The van der Waals surface area contributed by atoms with E-state index in [4.69, 9.17) is 4.74 Å². The van der Waals surface area contributed by atoms with E-state index in [-0.39, 0.29) is 37.0 Å². The molecule has 1 aromatic heterocycles. The molecule has 2 aliphatic heterocycles. The minimum atomic E-state index is -3.77. The zero-order chi connectivity index (χ0) is 21.6. The van der Waals surface area contributed by atoms with Gasteiger partial charge in [-0.1, -0.05) is 24.3 Å². The number of ether oxygens (including phenoxy) is 1. The predicted molar refractivity (Wildman–Crippen MR) is 111 cm³/mol. The fourth-order valence-corrected chi connectivity index (χ4v) is 5.72. The van der Waals surface area contributed by atoms with Crippen LogP contribution in [0.3, 0.4) is 0 Å². The summed E-state index contributed by atoms with van der Waals surface area (Å²) in [6.45, 7) is 0.803. The van der Waals surface area contributed by atoms with Gasteiger partial charge in [0.1, 0.15) is 11.5 Å². The number of morpholine rings is 2. The SMILES string of the molecule is O=C(c1nccc2ccccc12)N1C[C@@H]2CN(S(=O)(=O)c3ccc(F)cc3)C[C@H](C1)O2. The van der Waals surface area contributed by atoms with Gasteiger partial charge in [0.25, 0.3) is 5.91 Å². The average Bonchev–Trinajstić information content (AvgIpc) is 2.78. The van der Waals surface area contributed by atoms with E-state index in [1.54, 1.807) is 11.1 Å². The van der Waals surface area contributed by atoms with Crippen molar-refractivity contribution in [1.29, 1.82) is 0 Å². The van der Waals surface area contributed by atoms with Crippen molar-refractivity contribution < 1.29 is 22.3 Å². The van der Waals surface area contributed by atoms with Crippen molar-refractivity contribution in [2.45, 2.75) is 17.1 Å². The monoisotopic (exact) mass is 441 g/mol. The van der Waals surface area contributed by atoms with Crippen molar-refractivity contribution >= 4 is 26.7 Å². The number of hydrogen-bond donors (Lipinski definition) is 0. The van der Waals surface area contributed by atoms with Gasteiger partial charge in [0.05, 0.1) is 17.1 Å². The highest BCUT2D eigenvalue weighted by atomic mass is 32.2. The Bertz CT molecular complexity index is 1230. The first-order valence-electron chi connectivity index (χ1n) is 9.96. The first kappa shape index (κ1) is 20.0. The second-order valence-electron chi connectivity index (χ2n) is 7.75. The van der Waals surface area contributed by atoms with Gasteiger partial charge < -0.3 is 9.64 Å². The number of benzene rings is 2. The molecule has 0 unspecified atom stereocenters. The molecular formula is C22H20FN3O4S. The van der Waals surface area contributed by atoms with Crippen molar-refractivity contribution in [2.24, 2.45) is 0 Å². The molecule has 0 aliphatic carbocycles. The Kier molecular flexibility index (Phi) is 4.96. The molecule has 2 bridgehead atoms. The van der Waals surface area contributed by atoms with Crippen molar-refractivity contribution in [3.8, 4) is 0 Å². The van der Waals surface area contributed by atoms with Crippen LogP contribution in [0, 0.1) is 5.82 Å². The summed E-state index contributed by atoms with van der Waals surface area (Å²) in [5.41, 5.74) is 0.383. The van der Waals surface area contributed by atoms with Crippen LogP contribution in [0.15, 0.2) is 65.7 Å². The molecule has 2 aromatic carbocycles. The summed E-state index contributed by atoms with van der Waals surface area (Å²) in [4.78, 5) is 19.3. The van der Waals surface area contributed by atoms with Crippen LogP contribution >= 0.6 is 0 Å². The Labute approximate surface area is 179 Å². The lowest BCUT2D eigenvalue weighted by molar-refractivity contribution is -0.113. The number of aromatic nitrogens is 1. The minimum absolute atomic E-state index is 0.0433. The van der Waals surface area contributed by atoms with Crippen LogP contribution in [0.5, 0.6) is 0 Å². The third-order valence-electron chi connectivity index (χ3n) is 5.66. The Morgan fingerprint density at radius 1 is 0.968 bits per heavy atom. The Balaban J connectivity index is 1.36. The van der Waals surface area contributed by atoms with Crippen LogP contribution in [0.25, 0.3) is 10.8 Å². The van der Waals surface area contributed by atoms with E-state index in [0.717, 1.165) is 22.9 Å². The van der Waals surface area contributed by atoms with Gasteiger partial charge in [0, 0.05) is 37.8 Å². The van der Waals surface area contributed by atoms with Crippen molar-refractivity contribution in [3.63, 3.8) is 0 Å². The first-order chi connectivity index (χ1) is 14.9. The molecule has 31 heavy (non-hydrogen) atoms. The van der Waals surface area contributed by atoms with Gasteiger partial charge in [0.2, 0.25) is 10.0 Å². The van der Waals surface area contributed by atoms with E-state index in [1.807, 2.05) is 30.3 Å². The Morgan fingerprint density at radius 3 is 2.35 bits per heavy atom. The molecule has 9 heteroatoms. The van der Waals surface area contributed by atoms with Gasteiger partial charge in [0.15, 0.2) is 0 Å². The van der Waals surface area contributed by atoms with Crippen LogP contribution in [-0.2, 0) is 14.8 Å². The third kappa shape index (κ3) is 3.69. The fraction of sp³-hybridized carbons (Fsp3) is 0.273. The number of sulfonamides is 1. The highest BCUT2D eigenvalue weighted by molar-refractivity contribution is 7.89. The lowest BCUT2D eigenvalue weighted by Gasteiger charge is -2.45. The number of carbonyl (C=O) groups is 1. The normalized spacial score (nSPS) is 21.9. The van der Waals surface area contributed by atoms with Gasteiger partial charge in [-0.15, -0.1) is 0 Å². The second kappa shape index (κ2) is 7.67. The van der Waals surface area contributed by atoms with Crippen molar-refractivity contribution in [2.75, 3.05) is 26.2 Å². The minimum Gasteiger partial charge on any atom is -0.369 e. The molecule has 7 nitrogen and oxygen atoms in total. The topological polar surface area (TPSA) is 79.8 Å². The summed E-state index contributed by atoms with van der Waals surface area (Å²) in [6.07, 6.45) is 0.733. The van der Waals surface area contributed by atoms with Crippen LogP contribution < -0.4 is 0 Å². The Morgan fingerprint density at radius 2 is 1.65 bits per heavy atom. The maximum atomic E-state index is 13.2. The van der Waals surface area contributed by atoms with Crippen molar-refractivity contribution in [1.82, 2.24) is 14.2 Å². The van der Waals surface area contributed by atoms with Gasteiger partial charge in [-0.25, -0.2) is 12.8 Å². The molecule has 2 saturated heterocycles. The number of carbonyl (C=O) groups excluding carboxylic acids is 1. The van der Waals surface area contributed by atoms with Crippen LogP contribution in [-0.4, -0.2) is 66.9 Å². The fourth-order valence-electron chi connectivity index (χ4n) is 4.21. The largest absolute Gasteiger partial charge is 0.369 e. The standard InChI is InChI=1S/C22H20FN3O4S/c23-16-5-7-19(8-6-16)31(28,29)26-13-17-11-25(12-18(14-26)30-17)22(27)21-20-4-2-1-3-15(20)9-10-24-21/h1-10,17-18H,11-14H2/t17-,18+. The zero-order valence-corrected chi connectivity index (χ0v) is 17.3. The van der Waals surface area contributed by atoms with Crippen LogP contribution in [0.2, 0.25) is 0 Å². The van der Waals surface area contributed by atoms with Gasteiger partial charge in [-0.3, -0.25) is 9.78 Å². The lowest BCUT2D eigenvalue weighted by Crippen LogP contribution is -2.61. The summed E-state index contributed by atoms with van der Waals surface area (Å²) >= 11 is 0. The molecule has 2 aliphatic rings. The van der Waals surface area contributed by atoms with E-state index < -0.39 is 28.0 Å². The zero-order valence-electron chi connectivity index (χ0n) is 16.5. The molecule has 3 aromatic rings. The average molecular weight is 441 g/mol. The maximum Gasteiger partial charge on any atom is 0.273 e. The molecule has 0 saturated carbocycles. The van der Waals surface area contributed by atoms with Crippen molar-refractivity contribution in [3.05, 3.63) is 72.3 Å². The molecule has 0 spiro atoms. The molecule has 0 N–H and O–H groups in total. The highest BCUT2D eigenvalue weighted by Crippen LogP contribution is 2.27. The lowest BCUT2D eigenvalue weighted by atomic mass is 10.1. The van der Waals surface area contributed by atoms with E-state index in [0.29, 0.717) is 5.69 Å². The third-order valence-corrected chi connectivity index (χ3v) is 7.51. The van der Waals surface area contributed by atoms with E-state index in [1.165, 1.54) is 16.4 Å². The molecule has 3 heterocycles. The summed E-state index contributed by atoms with van der Waals surface area (Å²) in [7, 11) is -3.77. The molecule has 1 amide bonds. The molecule has 160 valence electrons. The van der Waals surface area contributed by atoms with Gasteiger partial charge >= 0.3 is 0 Å². The number of nitrogens with zero attached hydrogens (tertiary/aromatic N) is 3. The molecular weight excluding hydrogens is 421 g/mol. The van der Waals surface area contributed by atoms with Crippen LogP contribution in [0.1, 0.15) is 10.5 Å². The van der Waals surface area contributed by atoms with Gasteiger partial charge in [-0.05, 0) is 35.7 Å². The number of hydrogen-bond acceptors (Lipinski definition) is 5. The van der Waals surface area contributed by atoms with E-state index >= 15 is 0 Å². The first-order valence-corrected chi connectivity index (χ1v) is 11.4. The number of amides is 1. The maximum absolute atomic E-state index is 13.2. The number of rotatable bonds is 3. The second-order valence-corrected chi connectivity index (χ2v) is 9.68.